The number of H-pyrrole nitrogens is 1. The third kappa shape index (κ3) is 2.62. The molecule has 7 heteroatoms. The summed E-state index contributed by atoms with van der Waals surface area (Å²) in [6.07, 6.45) is 0. The van der Waals surface area contributed by atoms with Gasteiger partial charge in [0.25, 0.3) is 10.0 Å². The van der Waals surface area contributed by atoms with Crippen LogP contribution in [-0.2, 0) is 10.0 Å². The van der Waals surface area contributed by atoms with Gasteiger partial charge in [-0.1, -0.05) is 18.2 Å². The minimum atomic E-state index is -3.76. The van der Waals surface area contributed by atoms with E-state index in [1.54, 1.807) is 30.3 Å². The second-order valence-corrected chi connectivity index (χ2v) is 6.53. The Kier molecular flexibility index (Phi) is 3.50. The number of hydrogen-bond acceptors (Lipinski definition) is 4. The van der Waals surface area contributed by atoms with Crippen LogP contribution in [-0.4, -0.2) is 18.6 Å². The first-order valence-corrected chi connectivity index (χ1v) is 8.15. The smallest absolute Gasteiger partial charge is 0.295 e. The molecule has 0 aliphatic heterocycles. The maximum Gasteiger partial charge on any atom is 0.295 e. The second-order valence-electron chi connectivity index (χ2n) is 4.91. The van der Waals surface area contributed by atoms with E-state index in [1.165, 1.54) is 6.07 Å². The van der Waals surface area contributed by atoms with Gasteiger partial charge in [0.15, 0.2) is 5.76 Å². The molecule has 114 valence electrons. The van der Waals surface area contributed by atoms with Crippen molar-refractivity contribution in [2.45, 2.75) is 18.9 Å². The zero-order chi connectivity index (χ0) is 15.7. The number of aryl methyl sites for hydroxylation is 1. The van der Waals surface area contributed by atoms with E-state index in [-0.39, 0.29) is 5.09 Å². The van der Waals surface area contributed by atoms with Crippen LogP contribution in [0, 0.1) is 13.8 Å². The van der Waals surface area contributed by atoms with Gasteiger partial charge in [0, 0.05) is 16.9 Å². The zero-order valence-electron chi connectivity index (χ0n) is 12.1. The van der Waals surface area contributed by atoms with Gasteiger partial charge in [-0.2, -0.15) is 13.5 Å². The van der Waals surface area contributed by atoms with Crippen molar-refractivity contribution >= 4 is 15.7 Å². The van der Waals surface area contributed by atoms with Crippen LogP contribution in [0.15, 0.2) is 52.0 Å². The van der Waals surface area contributed by atoms with Crippen molar-refractivity contribution in [1.29, 1.82) is 0 Å². The van der Waals surface area contributed by atoms with Crippen molar-refractivity contribution in [1.82, 2.24) is 10.2 Å². The lowest BCUT2D eigenvalue weighted by molar-refractivity contribution is 0.461. The van der Waals surface area contributed by atoms with E-state index < -0.39 is 10.0 Å². The normalized spacial score (nSPS) is 11.5. The predicted molar refractivity (Wildman–Crippen MR) is 83.0 cm³/mol. The molecule has 6 nitrogen and oxygen atoms in total. The van der Waals surface area contributed by atoms with Crippen molar-refractivity contribution in [2.75, 3.05) is 4.72 Å². The molecule has 0 spiro atoms. The quantitative estimate of drug-likeness (QED) is 0.774. The fraction of sp³-hybridized carbons (Fsp3) is 0.133. The topological polar surface area (TPSA) is 88.0 Å². The van der Waals surface area contributed by atoms with E-state index in [0.29, 0.717) is 17.1 Å². The first-order valence-electron chi connectivity index (χ1n) is 6.67. The van der Waals surface area contributed by atoms with Crippen molar-refractivity contribution < 1.29 is 12.8 Å². The minimum absolute atomic E-state index is 0.147. The summed E-state index contributed by atoms with van der Waals surface area (Å²) in [5.41, 5.74) is 2.93. The van der Waals surface area contributed by atoms with Gasteiger partial charge in [-0.3, -0.25) is 9.82 Å². The number of aromatic amines is 1. The number of anilines is 1. The molecule has 0 saturated carbocycles. The van der Waals surface area contributed by atoms with E-state index in [4.69, 9.17) is 4.42 Å². The van der Waals surface area contributed by atoms with Crippen LogP contribution in [0.1, 0.15) is 11.3 Å². The molecule has 3 rings (SSSR count). The molecule has 0 radical (unpaired) electrons. The monoisotopic (exact) mass is 317 g/mol. The standard InChI is InChI=1S/C15H15N3O3S/c1-10-11(2)16-17-15(10)13-8-9-14(21-13)22(19,20)18-12-6-4-3-5-7-12/h3-9,18H,1-2H3,(H,16,17). The molecule has 0 aliphatic carbocycles. The van der Waals surface area contributed by atoms with Gasteiger partial charge >= 0.3 is 0 Å². The molecule has 0 fully saturated rings. The molecule has 0 unspecified atom stereocenters. The van der Waals surface area contributed by atoms with Crippen LogP contribution < -0.4 is 4.72 Å². The van der Waals surface area contributed by atoms with E-state index in [0.717, 1.165) is 11.3 Å². The Morgan fingerprint density at radius 2 is 1.82 bits per heavy atom. The highest BCUT2D eigenvalue weighted by molar-refractivity contribution is 7.92. The maximum atomic E-state index is 12.3. The molecule has 0 aliphatic rings. The molecule has 3 aromatic rings. The summed E-state index contributed by atoms with van der Waals surface area (Å²) in [7, 11) is -3.76. The number of hydrogen-bond donors (Lipinski definition) is 2. The highest BCUT2D eigenvalue weighted by atomic mass is 32.2. The first-order chi connectivity index (χ1) is 10.5. The molecule has 0 amide bonds. The van der Waals surface area contributed by atoms with Crippen LogP contribution >= 0.6 is 0 Å². The van der Waals surface area contributed by atoms with Crippen molar-refractivity contribution in [3.63, 3.8) is 0 Å². The van der Waals surface area contributed by atoms with Crippen LogP contribution in [0.4, 0.5) is 5.69 Å². The van der Waals surface area contributed by atoms with E-state index in [2.05, 4.69) is 14.9 Å². The fourth-order valence-corrected chi connectivity index (χ4v) is 3.02. The first kappa shape index (κ1) is 14.4. The van der Waals surface area contributed by atoms with Crippen molar-refractivity contribution in [2.24, 2.45) is 0 Å². The van der Waals surface area contributed by atoms with Gasteiger partial charge in [0.05, 0.1) is 0 Å². The Balaban J connectivity index is 1.91. The van der Waals surface area contributed by atoms with Gasteiger partial charge in [-0.25, -0.2) is 0 Å². The molecule has 0 bridgehead atoms. The number of sulfonamides is 1. The molecule has 2 aromatic heterocycles. The molecule has 2 heterocycles. The van der Waals surface area contributed by atoms with Crippen LogP contribution in [0.25, 0.3) is 11.5 Å². The number of aromatic nitrogens is 2. The van der Waals surface area contributed by atoms with Gasteiger partial charge in [0.1, 0.15) is 5.69 Å². The van der Waals surface area contributed by atoms with Gasteiger partial charge in [0.2, 0.25) is 5.09 Å². The average Bonchev–Trinajstić information content (AvgIpc) is 3.09. The fourth-order valence-electron chi connectivity index (χ4n) is 2.03. The zero-order valence-corrected chi connectivity index (χ0v) is 12.9. The summed E-state index contributed by atoms with van der Waals surface area (Å²) in [6, 6.07) is 11.7. The summed E-state index contributed by atoms with van der Waals surface area (Å²) in [5.74, 6) is 0.412. The van der Waals surface area contributed by atoms with Gasteiger partial charge in [-0.15, -0.1) is 0 Å². The average molecular weight is 317 g/mol. The summed E-state index contributed by atoms with van der Waals surface area (Å²) < 4.78 is 32.5. The largest absolute Gasteiger partial charge is 0.441 e. The molecular weight excluding hydrogens is 302 g/mol. The molecule has 0 atom stereocenters. The predicted octanol–water partition coefficient (Wildman–Crippen LogP) is 3.09. The van der Waals surface area contributed by atoms with E-state index in [9.17, 15) is 8.42 Å². The molecule has 1 aromatic carbocycles. The highest BCUT2D eigenvalue weighted by Gasteiger charge is 2.21. The highest BCUT2D eigenvalue weighted by Crippen LogP contribution is 2.27. The maximum absolute atomic E-state index is 12.3. The Morgan fingerprint density at radius 1 is 1.09 bits per heavy atom. The summed E-state index contributed by atoms with van der Waals surface area (Å²) >= 11 is 0. The summed E-state index contributed by atoms with van der Waals surface area (Å²) in [5, 5.41) is 6.83. The molecular formula is C15H15N3O3S. The summed E-state index contributed by atoms with van der Waals surface area (Å²) in [6.45, 7) is 3.79. The number of furan rings is 1. The van der Waals surface area contributed by atoms with Crippen molar-refractivity contribution in [3.8, 4) is 11.5 Å². The van der Waals surface area contributed by atoms with Gasteiger partial charge < -0.3 is 4.42 Å². The summed E-state index contributed by atoms with van der Waals surface area (Å²) in [4.78, 5) is 0. The molecule has 2 N–H and O–H groups in total. The third-order valence-corrected chi connectivity index (χ3v) is 4.61. The lowest BCUT2D eigenvalue weighted by Crippen LogP contribution is -2.11. The van der Waals surface area contributed by atoms with E-state index in [1.807, 2.05) is 19.9 Å². The van der Waals surface area contributed by atoms with Crippen LogP contribution in [0.2, 0.25) is 0 Å². The van der Waals surface area contributed by atoms with Crippen molar-refractivity contribution in [3.05, 3.63) is 53.7 Å². The number of nitrogens with zero attached hydrogens (tertiary/aromatic N) is 1. The number of nitrogens with one attached hydrogen (secondary N) is 2. The SMILES string of the molecule is Cc1[nH]nc(-c2ccc(S(=O)(=O)Nc3ccccc3)o2)c1C. The molecule has 0 saturated heterocycles. The van der Waals surface area contributed by atoms with Crippen LogP contribution in [0.5, 0.6) is 0 Å². The third-order valence-electron chi connectivity index (χ3n) is 3.36. The Morgan fingerprint density at radius 3 is 2.45 bits per heavy atom. The second kappa shape index (κ2) is 5.34. The Labute approximate surface area is 128 Å². The van der Waals surface area contributed by atoms with Crippen LogP contribution in [0.3, 0.4) is 0 Å². The number of benzene rings is 1. The lowest BCUT2D eigenvalue weighted by atomic mass is 10.2. The Hall–Kier alpha value is -2.54. The minimum Gasteiger partial charge on any atom is -0.441 e. The number of rotatable bonds is 4. The lowest BCUT2D eigenvalue weighted by Gasteiger charge is -2.04. The Bertz CT molecular complexity index is 895. The van der Waals surface area contributed by atoms with E-state index >= 15 is 0 Å². The van der Waals surface area contributed by atoms with Gasteiger partial charge in [-0.05, 0) is 38.1 Å². The number of para-hydroxylation sites is 1. The molecule has 22 heavy (non-hydrogen) atoms.